The number of aromatic nitrogens is 5. The van der Waals surface area contributed by atoms with E-state index < -0.39 is 8.07 Å². The zero-order valence-electron chi connectivity index (χ0n) is 18.3. The second-order valence-corrected chi connectivity index (χ2v) is 15.3. The van der Waals surface area contributed by atoms with Gasteiger partial charge in [-0.2, -0.15) is 5.10 Å². The summed E-state index contributed by atoms with van der Waals surface area (Å²) in [6.07, 6.45) is 11.9. The normalized spacial score (nSPS) is 20.1. The maximum atomic E-state index is 9.36. The largest absolute Gasteiger partial charge is 0.396 e. The number of fused-ring (bicyclic) bond motifs is 1. The molecule has 1 saturated carbocycles. The molecule has 162 valence electrons. The fourth-order valence-electron chi connectivity index (χ4n) is 4.13. The number of nitrogens with zero attached hydrogens (tertiary/aromatic N) is 5. The quantitative estimate of drug-likeness (QED) is 0.428. The fourth-order valence-corrected chi connectivity index (χ4v) is 4.89. The number of aliphatic hydroxyl groups is 1. The van der Waals surface area contributed by atoms with Gasteiger partial charge in [0.15, 0.2) is 0 Å². The predicted octanol–water partition coefficient (Wildman–Crippen LogP) is 4.33. The summed E-state index contributed by atoms with van der Waals surface area (Å²) in [5.41, 5.74) is 2.82. The maximum absolute atomic E-state index is 9.36. The van der Waals surface area contributed by atoms with E-state index in [0.717, 1.165) is 60.6 Å². The van der Waals surface area contributed by atoms with Gasteiger partial charge in [0.2, 0.25) is 0 Å². The van der Waals surface area contributed by atoms with E-state index in [4.69, 9.17) is 4.74 Å². The van der Waals surface area contributed by atoms with Gasteiger partial charge in [0.1, 0.15) is 18.7 Å². The molecule has 1 aliphatic carbocycles. The topological polar surface area (TPSA) is 78.0 Å². The molecule has 3 aromatic heterocycles. The van der Waals surface area contributed by atoms with Gasteiger partial charge < -0.3 is 14.4 Å². The number of ether oxygens (including phenoxy) is 1. The van der Waals surface area contributed by atoms with Crippen molar-refractivity contribution in [1.29, 1.82) is 0 Å². The molecular formula is C22H33N5O2Si. The molecule has 1 N–H and O–H groups in total. The van der Waals surface area contributed by atoms with E-state index in [1.54, 1.807) is 6.33 Å². The van der Waals surface area contributed by atoms with Crippen LogP contribution < -0.4 is 0 Å². The molecule has 3 aromatic rings. The molecule has 1 aliphatic rings. The van der Waals surface area contributed by atoms with Crippen molar-refractivity contribution >= 4 is 19.1 Å². The molecular weight excluding hydrogens is 394 g/mol. The molecule has 0 bridgehead atoms. The van der Waals surface area contributed by atoms with E-state index >= 15 is 0 Å². The van der Waals surface area contributed by atoms with Gasteiger partial charge in [-0.3, -0.25) is 4.68 Å². The zero-order chi connectivity index (χ0) is 21.1. The molecule has 1 fully saturated rings. The van der Waals surface area contributed by atoms with Crippen molar-refractivity contribution in [2.45, 2.75) is 64.1 Å². The van der Waals surface area contributed by atoms with Crippen LogP contribution in [0.5, 0.6) is 0 Å². The molecule has 30 heavy (non-hydrogen) atoms. The lowest BCUT2D eigenvalue weighted by atomic mass is 9.87. The molecule has 0 radical (unpaired) electrons. The van der Waals surface area contributed by atoms with Crippen LogP contribution in [0.15, 0.2) is 31.0 Å². The summed E-state index contributed by atoms with van der Waals surface area (Å²) in [5.74, 6) is 0.450. The summed E-state index contributed by atoms with van der Waals surface area (Å²) in [7, 11) is -1.09. The summed E-state index contributed by atoms with van der Waals surface area (Å²) < 4.78 is 10.0. The Kier molecular flexibility index (Phi) is 6.36. The minimum atomic E-state index is -1.09. The molecule has 0 saturated heterocycles. The van der Waals surface area contributed by atoms with Crippen LogP contribution in [0.1, 0.15) is 31.7 Å². The second-order valence-electron chi connectivity index (χ2n) is 9.66. The van der Waals surface area contributed by atoms with E-state index in [2.05, 4.69) is 51.7 Å². The van der Waals surface area contributed by atoms with Gasteiger partial charge >= 0.3 is 0 Å². The first kappa shape index (κ1) is 21.2. The Morgan fingerprint density at radius 1 is 1.17 bits per heavy atom. The summed E-state index contributed by atoms with van der Waals surface area (Å²) in [5, 5.41) is 15.0. The van der Waals surface area contributed by atoms with Gasteiger partial charge in [0.05, 0.1) is 17.9 Å². The van der Waals surface area contributed by atoms with Gasteiger partial charge in [0.25, 0.3) is 0 Å². The van der Waals surface area contributed by atoms with E-state index in [1.807, 2.05) is 17.0 Å². The van der Waals surface area contributed by atoms with Gasteiger partial charge in [-0.15, -0.1) is 0 Å². The van der Waals surface area contributed by atoms with Crippen molar-refractivity contribution in [1.82, 2.24) is 24.3 Å². The van der Waals surface area contributed by atoms with E-state index in [0.29, 0.717) is 25.3 Å². The van der Waals surface area contributed by atoms with Crippen LogP contribution in [0.2, 0.25) is 25.7 Å². The smallest absolute Gasteiger partial charge is 0.145 e. The minimum absolute atomic E-state index is 0.300. The van der Waals surface area contributed by atoms with Gasteiger partial charge in [-0.1, -0.05) is 19.6 Å². The lowest BCUT2D eigenvalue weighted by molar-refractivity contribution is 0.0899. The molecule has 0 unspecified atom stereocenters. The highest BCUT2D eigenvalue weighted by Crippen LogP contribution is 2.33. The number of hydrogen-bond acceptors (Lipinski definition) is 5. The van der Waals surface area contributed by atoms with Crippen LogP contribution in [0, 0.1) is 5.92 Å². The van der Waals surface area contributed by atoms with Crippen molar-refractivity contribution in [2.24, 2.45) is 5.92 Å². The second kappa shape index (κ2) is 8.99. The van der Waals surface area contributed by atoms with E-state index in [1.165, 1.54) is 0 Å². The monoisotopic (exact) mass is 427 g/mol. The fraction of sp³-hybridized carbons (Fsp3) is 0.591. The number of rotatable bonds is 8. The first-order valence-corrected chi connectivity index (χ1v) is 14.7. The molecule has 0 aliphatic heterocycles. The van der Waals surface area contributed by atoms with Gasteiger partial charge in [-0.05, 0) is 43.7 Å². The predicted molar refractivity (Wildman–Crippen MR) is 121 cm³/mol. The Morgan fingerprint density at radius 3 is 2.70 bits per heavy atom. The molecule has 0 spiro atoms. The Morgan fingerprint density at radius 2 is 1.97 bits per heavy atom. The van der Waals surface area contributed by atoms with Crippen molar-refractivity contribution < 1.29 is 9.84 Å². The summed E-state index contributed by atoms with van der Waals surface area (Å²) in [6.45, 7) is 8.68. The lowest BCUT2D eigenvalue weighted by Crippen LogP contribution is -2.22. The molecule has 0 atom stereocenters. The van der Waals surface area contributed by atoms with Crippen molar-refractivity contribution in [3.8, 4) is 11.3 Å². The number of hydrogen-bond donors (Lipinski definition) is 1. The SMILES string of the molecule is C[Si](C)(C)CCOCn1ccc2c(-c3cnn([C@H]4CC[C@@H](CO)CC4)c3)ncnc21. The van der Waals surface area contributed by atoms with Crippen LogP contribution in [-0.4, -0.2) is 50.7 Å². The van der Waals surface area contributed by atoms with Crippen LogP contribution in [0.25, 0.3) is 22.3 Å². The van der Waals surface area contributed by atoms with Crippen molar-refractivity contribution in [2.75, 3.05) is 13.2 Å². The Hall–Kier alpha value is -2.03. The average Bonchev–Trinajstić information content (AvgIpc) is 3.38. The Labute approximate surface area is 179 Å². The van der Waals surface area contributed by atoms with Crippen LogP contribution >= 0.6 is 0 Å². The van der Waals surface area contributed by atoms with Gasteiger partial charge in [-0.25, -0.2) is 9.97 Å². The molecule has 0 aromatic carbocycles. The number of aliphatic hydroxyl groups excluding tert-OH is 1. The molecule has 0 amide bonds. The standard InChI is InChI=1S/C22H33N5O2Si/c1-30(2,3)11-10-29-16-26-9-8-20-21(23-15-24-22(20)26)18-12-25-27(13-18)19-6-4-17(14-28)5-7-19/h8-9,12-13,15,17,19,28H,4-7,10-11,14,16H2,1-3H3/t17-,19+. The van der Waals surface area contributed by atoms with Gasteiger partial charge in [0, 0.05) is 44.6 Å². The summed E-state index contributed by atoms with van der Waals surface area (Å²) >= 11 is 0. The highest BCUT2D eigenvalue weighted by atomic mass is 28.3. The molecule has 4 rings (SSSR count). The molecule has 7 nitrogen and oxygen atoms in total. The van der Waals surface area contributed by atoms with Crippen LogP contribution in [0.3, 0.4) is 0 Å². The minimum Gasteiger partial charge on any atom is -0.396 e. The highest BCUT2D eigenvalue weighted by Gasteiger charge is 2.23. The first-order valence-electron chi connectivity index (χ1n) is 11.0. The van der Waals surface area contributed by atoms with E-state index in [9.17, 15) is 5.11 Å². The highest BCUT2D eigenvalue weighted by molar-refractivity contribution is 6.76. The molecule has 8 heteroatoms. The maximum Gasteiger partial charge on any atom is 0.145 e. The van der Waals surface area contributed by atoms with E-state index in [-0.39, 0.29) is 0 Å². The van der Waals surface area contributed by atoms with Crippen molar-refractivity contribution in [3.63, 3.8) is 0 Å². The van der Waals surface area contributed by atoms with Crippen LogP contribution in [-0.2, 0) is 11.5 Å². The van der Waals surface area contributed by atoms with Crippen molar-refractivity contribution in [3.05, 3.63) is 31.0 Å². The lowest BCUT2D eigenvalue weighted by Gasteiger charge is -2.27. The zero-order valence-corrected chi connectivity index (χ0v) is 19.3. The third-order valence-corrected chi connectivity index (χ3v) is 7.81. The average molecular weight is 428 g/mol. The molecule has 3 heterocycles. The Bertz CT molecular complexity index is 969. The summed E-state index contributed by atoms with van der Waals surface area (Å²) in [6, 6.07) is 3.63. The van der Waals surface area contributed by atoms with Crippen LogP contribution in [0.4, 0.5) is 0 Å². The first-order chi connectivity index (χ1) is 14.4. The third kappa shape index (κ3) is 4.82. The Balaban J connectivity index is 1.47. The third-order valence-electron chi connectivity index (χ3n) is 6.11. The summed E-state index contributed by atoms with van der Waals surface area (Å²) in [4.78, 5) is 9.06.